The van der Waals surface area contributed by atoms with Crippen LogP contribution in [0, 0.1) is 0 Å². The van der Waals surface area contributed by atoms with Gasteiger partial charge in [-0.25, -0.2) is 14.7 Å². The lowest BCUT2D eigenvalue weighted by atomic mass is 10.1. The van der Waals surface area contributed by atoms with Gasteiger partial charge in [0.2, 0.25) is 0 Å². The van der Waals surface area contributed by atoms with Crippen LogP contribution in [0.5, 0.6) is 0 Å². The highest BCUT2D eigenvalue weighted by molar-refractivity contribution is 6.32. The quantitative estimate of drug-likeness (QED) is 0.794. The molecule has 1 aromatic carbocycles. The number of benzene rings is 1. The van der Waals surface area contributed by atoms with E-state index in [2.05, 4.69) is 10.3 Å². The minimum absolute atomic E-state index is 0.0749. The molecule has 0 aliphatic carbocycles. The maximum absolute atomic E-state index is 13.0. The predicted octanol–water partition coefficient (Wildman–Crippen LogP) is 4.43. The molecule has 0 bridgehead atoms. The van der Waals surface area contributed by atoms with E-state index in [0.29, 0.717) is 34.2 Å². The topological polar surface area (TPSA) is 74.8 Å². The fourth-order valence-corrected chi connectivity index (χ4v) is 3.27. The number of fused-ring (bicyclic) bond motifs is 1. The molecular weight excluding hydrogens is 392 g/mol. The number of nitrogens with zero attached hydrogens (tertiary/aromatic N) is 3. The fraction of sp³-hybridized carbons (Fsp3) is 0.381. The van der Waals surface area contributed by atoms with E-state index in [1.165, 1.54) is 0 Å². The third kappa shape index (κ3) is 4.86. The molecule has 0 spiro atoms. The van der Waals surface area contributed by atoms with Gasteiger partial charge >= 0.3 is 6.09 Å². The standard InChI is InChI=1S/C21H25ClN4O3/c1-21(2,3)29-20(28)26-12-14-15(22)9-10-16(18(14)19(26)27)24-17-8-6-7-13(23-17)11-25(4)5/h6-10H,11-12H2,1-5H3,(H,23,24). The first-order valence-corrected chi connectivity index (χ1v) is 9.67. The number of rotatable bonds is 4. The van der Waals surface area contributed by atoms with Crippen LogP contribution in [0.3, 0.4) is 0 Å². The summed E-state index contributed by atoms with van der Waals surface area (Å²) in [5, 5.41) is 3.63. The average Bonchev–Trinajstić information content (AvgIpc) is 2.94. The molecule has 2 heterocycles. The van der Waals surface area contributed by atoms with Gasteiger partial charge in [0.05, 0.1) is 23.5 Å². The van der Waals surface area contributed by atoms with Gasteiger partial charge in [0, 0.05) is 17.1 Å². The molecule has 0 radical (unpaired) electrons. The summed E-state index contributed by atoms with van der Waals surface area (Å²) in [7, 11) is 3.94. The van der Waals surface area contributed by atoms with Crippen LogP contribution in [0.25, 0.3) is 0 Å². The summed E-state index contributed by atoms with van der Waals surface area (Å²) in [5.41, 5.74) is 1.70. The number of ether oxygens (including phenoxy) is 1. The second-order valence-electron chi connectivity index (χ2n) is 8.20. The van der Waals surface area contributed by atoms with Crippen LogP contribution in [0.4, 0.5) is 16.3 Å². The Balaban J connectivity index is 1.89. The van der Waals surface area contributed by atoms with Crippen molar-refractivity contribution in [2.24, 2.45) is 0 Å². The van der Waals surface area contributed by atoms with Crippen LogP contribution in [0.15, 0.2) is 30.3 Å². The highest BCUT2D eigenvalue weighted by atomic mass is 35.5. The molecule has 1 aliphatic rings. The molecule has 1 aliphatic heterocycles. The van der Waals surface area contributed by atoms with Crippen LogP contribution in [-0.4, -0.2) is 46.5 Å². The Hall–Kier alpha value is -2.64. The van der Waals surface area contributed by atoms with E-state index in [-0.39, 0.29) is 6.54 Å². The summed E-state index contributed by atoms with van der Waals surface area (Å²) in [5.74, 6) is 0.168. The molecule has 2 amide bonds. The van der Waals surface area contributed by atoms with Gasteiger partial charge in [0.15, 0.2) is 0 Å². The number of anilines is 2. The summed E-state index contributed by atoms with van der Waals surface area (Å²) in [6.07, 6.45) is -0.688. The first-order chi connectivity index (χ1) is 13.5. The van der Waals surface area contributed by atoms with Crippen LogP contribution in [0.1, 0.15) is 42.4 Å². The third-order valence-corrected chi connectivity index (χ3v) is 4.55. The van der Waals surface area contributed by atoms with E-state index in [9.17, 15) is 9.59 Å². The number of amides is 2. The highest BCUT2D eigenvalue weighted by Gasteiger charge is 2.38. The molecule has 2 aromatic rings. The SMILES string of the molecule is CN(C)Cc1cccc(Nc2ccc(Cl)c3c2C(=O)N(C(=O)OC(C)(C)C)C3)n1. The van der Waals surface area contributed by atoms with Crippen molar-refractivity contribution in [2.45, 2.75) is 39.5 Å². The van der Waals surface area contributed by atoms with Crippen molar-refractivity contribution >= 4 is 35.1 Å². The van der Waals surface area contributed by atoms with Gasteiger partial charge in [-0.3, -0.25) is 4.79 Å². The Morgan fingerprint density at radius 2 is 2.00 bits per heavy atom. The second kappa shape index (κ2) is 8.00. The summed E-state index contributed by atoms with van der Waals surface area (Å²) >= 11 is 6.32. The number of aromatic nitrogens is 1. The van der Waals surface area contributed by atoms with Crippen LogP contribution in [-0.2, 0) is 17.8 Å². The largest absolute Gasteiger partial charge is 0.443 e. The minimum Gasteiger partial charge on any atom is -0.443 e. The number of hydrogen-bond acceptors (Lipinski definition) is 6. The number of nitrogens with one attached hydrogen (secondary N) is 1. The summed E-state index contributed by atoms with van der Waals surface area (Å²) in [6, 6.07) is 9.09. The smallest absolute Gasteiger partial charge is 0.417 e. The minimum atomic E-state index is -0.701. The summed E-state index contributed by atoms with van der Waals surface area (Å²) < 4.78 is 5.36. The second-order valence-corrected chi connectivity index (χ2v) is 8.60. The zero-order chi connectivity index (χ0) is 21.3. The molecule has 8 heteroatoms. The first-order valence-electron chi connectivity index (χ1n) is 9.29. The molecule has 0 unspecified atom stereocenters. The lowest BCUT2D eigenvalue weighted by Gasteiger charge is -2.23. The number of hydrogen-bond donors (Lipinski definition) is 1. The molecule has 0 saturated carbocycles. The van der Waals surface area contributed by atoms with Crippen molar-refractivity contribution in [3.8, 4) is 0 Å². The summed E-state index contributed by atoms with van der Waals surface area (Å²) in [4.78, 5) is 33.1. The Morgan fingerprint density at radius 3 is 2.66 bits per heavy atom. The molecule has 3 rings (SSSR count). The Kier molecular flexibility index (Phi) is 5.82. The lowest BCUT2D eigenvalue weighted by Crippen LogP contribution is -2.37. The van der Waals surface area contributed by atoms with Crippen molar-refractivity contribution in [1.82, 2.24) is 14.8 Å². The van der Waals surface area contributed by atoms with Gasteiger partial charge in [-0.15, -0.1) is 0 Å². The highest BCUT2D eigenvalue weighted by Crippen LogP contribution is 2.36. The predicted molar refractivity (Wildman–Crippen MR) is 112 cm³/mol. The molecule has 0 atom stereocenters. The molecule has 0 fully saturated rings. The number of imide groups is 1. The van der Waals surface area contributed by atoms with Crippen molar-refractivity contribution in [3.63, 3.8) is 0 Å². The van der Waals surface area contributed by atoms with Gasteiger partial charge in [0.25, 0.3) is 5.91 Å². The normalized spacial score (nSPS) is 13.6. The van der Waals surface area contributed by atoms with Crippen molar-refractivity contribution in [2.75, 3.05) is 19.4 Å². The molecule has 154 valence electrons. The molecule has 7 nitrogen and oxygen atoms in total. The Morgan fingerprint density at radius 1 is 1.28 bits per heavy atom. The summed E-state index contributed by atoms with van der Waals surface area (Å²) in [6.45, 7) is 6.03. The molecule has 1 aromatic heterocycles. The average molecular weight is 417 g/mol. The zero-order valence-corrected chi connectivity index (χ0v) is 18.0. The maximum atomic E-state index is 13.0. The van der Waals surface area contributed by atoms with Gasteiger partial charge in [-0.1, -0.05) is 17.7 Å². The monoisotopic (exact) mass is 416 g/mol. The lowest BCUT2D eigenvalue weighted by molar-refractivity contribution is 0.0248. The van der Waals surface area contributed by atoms with Gasteiger partial charge in [0.1, 0.15) is 11.4 Å². The fourth-order valence-electron chi connectivity index (χ4n) is 3.05. The van der Waals surface area contributed by atoms with Crippen molar-refractivity contribution in [3.05, 3.63) is 52.2 Å². The van der Waals surface area contributed by atoms with E-state index in [1.807, 2.05) is 37.2 Å². The molecular formula is C21H25ClN4O3. The van der Waals surface area contributed by atoms with Gasteiger partial charge < -0.3 is 15.0 Å². The van der Waals surface area contributed by atoms with Crippen LogP contribution in [0.2, 0.25) is 5.02 Å². The first kappa shape index (κ1) is 21.1. The van der Waals surface area contributed by atoms with Gasteiger partial charge in [-0.2, -0.15) is 0 Å². The number of carbonyl (C=O) groups is 2. The van der Waals surface area contributed by atoms with E-state index in [4.69, 9.17) is 16.3 Å². The zero-order valence-electron chi connectivity index (χ0n) is 17.2. The van der Waals surface area contributed by atoms with E-state index in [0.717, 1.165) is 10.6 Å². The van der Waals surface area contributed by atoms with Crippen LogP contribution >= 0.6 is 11.6 Å². The molecule has 1 N–H and O–H groups in total. The van der Waals surface area contributed by atoms with Crippen molar-refractivity contribution < 1.29 is 14.3 Å². The van der Waals surface area contributed by atoms with Crippen molar-refractivity contribution in [1.29, 1.82) is 0 Å². The Bertz CT molecular complexity index is 953. The van der Waals surface area contributed by atoms with E-state index < -0.39 is 17.6 Å². The number of halogens is 1. The maximum Gasteiger partial charge on any atom is 0.417 e. The number of carbonyl (C=O) groups excluding carboxylic acids is 2. The molecule has 29 heavy (non-hydrogen) atoms. The Labute approximate surface area is 175 Å². The third-order valence-electron chi connectivity index (χ3n) is 4.19. The van der Waals surface area contributed by atoms with Crippen LogP contribution < -0.4 is 5.32 Å². The molecule has 0 saturated heterocycles. The number of pyridine rings is 1. The van der Waals surface area contributed by atoms with Gasteiger partial charge in [-0.05, 0) is 59.1 Å². The van der Waals surface area contributed by atoms with E-state index in [1.54, 1.807) is 32.9 Å². The van der Waals surface area contributed by atoms with E-state index >= 15 is 0 Å².